The molecule has 0 unspecified atom stereocenters. The quantitative estimate of drug-likeness (QED) is 0.410. The van der Waals surface area contributed by atoms with Crippen molar-refractivity contribution in [2.24, 2.45) is 5.92 Å². The van der Waals surface area contributed by atoms with Gasteiger partial charge in [-0.15, -0.1) is 15.2 Å². The van der Waals surface area contributed by atoms with Gasteiger partial charge in [0.05, 0.1) is 0 Å². The Morgan fingerprint density at radius 2 is 2.11 bits per heavy atom. The van der Waals surface area contributed by atoms with Crippen LogP contribution in [0, 0.1) is 5.92 Å². The average Bonchev–Trinajstić information content (AvgIpc) is 1.91. The van der Waals surface area contributed by atoms with E-state index in [4.69, 9.17) is 0 Å². The van der Waals surface area contributed by atoms with E-state index in [0.717, 1.165) is 5.92 Å². The van der Waals surface area contributed by atoms with Crippen molar-refractivity contribution in [1.29, 1.82) is 0 Å². The van der Waals surface area contributed by atoms with E-state index in [0.29, 0.717) is 0 Å². The summed E-state index contributed by atoms with van der Waals surface area (Å²) in [4.78, 5) is 0. The molecule has 0 saturated carbocycles. The largest absolute Gasteiger partial charge is 0.122 e. The molecule has 0 aromatic rings. The van der Waals surface area contributed by atoms with Gasteiger partial charge in [-0.05, 0) is 37.5 Å². The van der Waals surface area contributed by atoms with Crippen molar-refractivity contribution in [3.8, 4) is 0 Å². The van der Waals surface area contributed by atoms with Crippen LogP contribution < -0.4 is 0 Å². The van der Waals surface area contributed by atoms with E-state index in [1.165, 1.54) is 40.2 Å². The van der Waals surface area contributed by atoms with E-state index in [1.54, 1.807) is 0 Å². The molecule has 0 bridgehead atoms. The van der Waals surface area contributed by atoms with E-state index in [-0.39, 0.29) is 0 Å². The van der Waals surface area contributed by atoms with Crippen LogP contribution >= 0.6 is 8.58 Å². The fraction of sp³-hybridized carbons (Fsp3) is 0.750. The number of hydrogen-bond donors (Lipinski definition) is 0. The van der Waals surface area contributed by atoms with Crippen molar-refractivity contribution in [1.82, 2.24) is 0 Å². The summed E-state index contributed by atoms with van der Waals surface area (Å²) >= 11 is 0. The average molecular weight is 142 g/mol. The summed E-state index contributed by atoms with van der Waals surface area (Å²) in [7, 11) is 1.26. The molecule has 1 aliphatic rings. The Morgan fingerprint density at radius 1 is 1.44 bits per heavy atom. The highest BCUT2D eigenvalue weighted by Gasteiger charge is 2.10. The van der Waals surface area contributed by atoms with Crippen molar-refractivity contribution in [2.75, 3.05) is 12.3 Å². The van der Waals surface area contributed by atoms with E-state index in [9.17, 15) is 0 Å². The van der Waals surface area contributed by atoms with E-state index < -0.39 is 0 Å². The molecule has 0 aliphatic carbocycles. The van der Waals surface area contributed by atoms with Gasteiger partial charge in [0.15, 0.2) is 0 Å². The minimum atomic E-state index is 0.990. The molecule has 0 spiro atoms. The summed E-state index contributed by atoms with van der Waals surface area (Å²) in [6.45, 7) is 3.76. The lowest BCUT2D eigenvalue weighted by Crippen LogP contribution is -2.06. The minimum Gasteiger partial charge on any atom is -0.122 e. The highest BCUT2D eigenvalue weighted by atomic mass is 31.1. The molecule has 0 aromatic carbocycles. The second kappa shape index (κ2) is 4.06. The maximum Gasteiger partial charge on any atom is -0.0325 e. The van der Waals surface area contributed by atoms with Crippen LogP contribution in [0.3, 0.4) is 0 Å². The first-order valence-corrected chi connectivity index (χ1v) is 5.16. The second-order valence-electron chi connectivity index (χ2n) is 2.72. The summed E-state index contributed by atoms with van der Waals surface area (Å²) in [6, 6.07) is 0. The Morgan fingerprint density at radius 3 is 2.67 bits per heavy atom. The molecular formula is C8H15P. The molecule has 1 heterocycles. The second-order valence-corrected chi connectivity index (χ2v) is 4.22. The van der Waals surface area contributed by atoms with Gasteiger partial charge in [-0.3, -0.25) is 0 Å². The standard InChI is InChI=1S/C8H15P/c1-2-3-8-4-6-9-7-5-8/h2,8-9H,1,3-7H2. The molecule has 0 amide bonds. The van der Waals surface area contributed by atoms with Gasteiger partial charge in [0, 0.05) is 0 Å². The normalized spacial score (nSPS) is 30.4. The molecule has 1 heteroatoms. The summed E-state index contributed by atoms with van der Waals surface area (Å²) < 4.78 is 0. The number of hydrogen-bond acceptors (Lipinski definition) is 0. The zero-order valence-electron chi connectivity index (χ0n) is 5.90. The monoisotopic (exact) mass is 142 g/mol. The topological polar surface area (TPSA) is 0 Å². The van der Waals surface area contributed by atoms with Crippen LogP contribution in [0.4, 0.5) is 0 Å². The lowest BCUT2D eigenvalue weighted by Gasteiger charge is -2.19. The SMILES string of the molecule is C=CCC1CCPCC1. The molecule has 0 aromatic heterocycles. The van der Waals surface area contributed by atoms with E-state index in [2.05, 4.69) is 12.7 Å². The molecule has 1 aliphatic heterocycles. The molecule has 0 atom stereocenters. The Bertz CT molecular complexity index is 82.6. The van der Waals surface area contributed by atoms with Crippen LogP contribution in [0.2, 0.25) is 0 Å². The maximum atomic E-state index is 3.76. The third kappa shape index (κ3) is 2.49. The molecule has 52 valence electrons. The van der Waals surface area contributed by atoms with E-state index in [1.807, 2.05) is 0 Å². The zero-order chi connectivity index (χ0) is 6.53. The highest BCUT2D eigenvalue weighted by molar-refractivity contribution is 7.38. The van der Waals surface area contributed by atoms with Gasteiger partial charge in [0.25, 0.3) is 0 Å². The molecule has 0 nitrogen and oxygen atoms in total. The summed E-state index contributed by atoms with van der Waals surface area (Å²) in [6.07, 6.45) is 9.22. The Labute approximate surface area is 59.5 Å². The van der Waals surface area contributed by atoms with Crippen LogP contribution in [0.5, 0.6) is 0 Å². The van der Waals surface area contributed by atoms with Crippen LogP contribution in [0.15, 0.2) is 12.7 Å². The lowest BCUT2D eigenvalue weighted by atomic mass is 9.99. The van der Waals surface area contributed by atoms with Crippen LogP contribution in [-0.2, 0) is 0 Å². The fourth-order valence-electron chi connectivity index (χ4n) is 1.35. The van der Waals surface area contributed by atoms with Crippen molar-refractivity contribution in [2.45, 2.75) is 19.3 Å². The van der Waals surface area contributed by atoms with Gasteiger partial charge in [-0.25, -0.2) is 0 Å². The van der Waals surface area contributed by atoms with Gasteiger partial charge < -0.3 is 0 Å². The predicted octanol–water partition coefficient (Wildman–Crippen LogP) is 2.65. The van der Waals surface area contributed by atoms with Crippen molar-refractivity contribution < 1.29 is 0 Å². The Hall–Kier alpha value is 0.170. The predicted molar refractivity (Wildman–Crippen MR) is 45.6 cm³/mol. The summed E-state index contributed by atoms with van der Waals surface area (Å²) in [5.41, 5.74) is 0. The van der Waals surface area contributed by atoms with Gasteiger partial charge in [0.2, 0.25) is 0 Å². The van der Waals surface area contributed by atoms with Crippen LogP contribution in [0.25, 0.3) is 0 Å². The van der Waals surface area contributed by atoms with Gasteiger partial charge >= 0.3 is 0 Å². The third-order valence-electron chi connectivity index (χ3n) is 1.96. The molecule has 0 radical (unpaired) electrons. The molecule has 1 rings (SSSR count). The molecule has 1 fully saturated rings. The van der Waals surface area contributed by atoms with Crippen molar-refractivity contribution in [3.05, 3.63) is 12.7 Å². The first-order valence-electron chi connectivity index (χ1n) is 3.75. The van der Waals surface area contributed by atoms with E-state index >= 15 is 0 Å². The molecular weight excluding hydrogens is 127 g/mol. The zero-order valence-corrected chi connectivity index (χ0v) is 6.90. The first kappa shape index (κ1) is 7.28. The molecule has 9 heavy (non-hydrogen) atoms. The highest BCUT2D eigenvalue weighted by Crippen LogP contribution is 2.29. The minimum absolute atomic E-state index is 0.990. The lowest BCUT2D eigenvalue weighted by molar-refractivity contribution is 0.495. The smallest absolute Gasteiger partial charge is 0.0325 e. The Balaban J connectivity index is 2.15. The number of allylic oxidation sites excluding steroid dienone is 1. The fourth-order valence-corrected chi connectivity index (χ4v) is 2.83. The van der Waals surface area contributed by atoms with Crippen LogP contribution in [0.1, 0.15) is 19.3 Å². The molecule has 1 saturated heterocycles. The van der Waals surface area contributed by atoms with Crippen molar-refractivity contribution >= 4 is 8.58 Å². The van der Waals surface area contributed by atoms with Crippen LogP contribution in [-0.4, -0.2) is 12.3 Å². The number of rotatable bonds is 2. The first-order chi connectivity index (χ1) is 4.43. The Kier molecular flexibility index (Phi) is 3.28. The summed E-state index contributed by atoms with van der Waals surface area (Å²) in [5.74, 6) is 0.990. The van der Waals surface area contributed by atoms with Gasteiger partial charge in [0.1, 0.15) is 0 Å². The van der Waals surface area contributed by atoms with Gasteiger partial charge in [-0.2, -0.15) is 0 Å². The van der Waals surface area contributed by atoms with Gasteiger partial charge in [-0.1, -0.05) is 6.08 Å². The molecule has 0 N–H and O–H groups in total. The maximum absolute atomic E-state index is 3.76. The summed E-state index contributed by atoms with van der Waals surface area (Å²) in [5, 5.41) is 0. The van der Waals surface area contributed by atoms with Crippen molar-refractivity contribution in [3.63, 3.8) is 0 Å². The third-order valence-corrected chi connectivity index (χ3v) is 3.24.